The predicted octanol–water partition coefficient (Wildman–Crippen LogP) is 2.94. The van der Waals surface area contributed by atoms with Crippen molar-refractivity contribution in [2.24, 2.45) is 0 Å². The number of aryl methyl sites for hydroxylation is 1. The zero-order valence-electron chi connectivity index (χ0n) is 16.1. The number of amides is 1. The SMILES string of the molecule is O=C(CCN1CCN(Cc2ccccc2)CC1)NCCCc1ccccc1. The van der Waals surface area contributed by atoms with Crippen LogP contribution in [0.4, 0.5) is 0 Å². The summed E-state index contributed by atoms with van der Waals surface area (Å²) in [4.78, 5) is 17.0. The molecule has 27 heavy (non-hydrogen) atoms. The van der Waals surface area contributed by atoms with Crippen molar-refractivity contribution in [3.05, 3.63) is 71.8 Å². The Bertz CT molecular complexity index is 667. The summed E-state index contributed by atoms with van der Waals surface area (Å²) in [6, 6.07) is 21.1. The maximum absolute atomic E-state index is 12.1. The Morgan fingerprint density at radius 1 is 0.815 bits per heavy atom. The number of rotatable bonds is 9. The number of carbonyl (C=O) groups is 1. The quantitative estimate of drug-likeness (QED) is 0.694. The van der Waals surface area contributed by atoms with Gasteiger partial charge in [-0.15, -0.1) is 0 Å². The van der Waals surface area contributed by atoms with E-state index in [1.54, 1.807) is 0 Å². The van der Waals surface area contributed by atoms with E-state index >= 15 is 0 Å². The molecule has 0 bridgehead atoms. The number of hydrogen-bond acceptors (Lipinski definition) is 3. The molecule has 0 aromatic heterocycles. The van der Waals surface area contributed by atoms with Gasteiger partial charge in [-0.2, -0.15) is 0 Å². The van der Waals surface area contributed by atoms with Crippen molar-refractivity contribution in [2.75, 3.05) is 39.3 Å². The number of carbonyl (C=O) groups excluding carboxylic acids is 1. The Morgan fingerprint density at radius 3 is 2.07 bits per heavy atom. The fourth-order valence-electron chi connectivity index (χ4n) is 3.53. The van der Waals surface area contributed by atoms with Crippen LogP contribution in [-0.4, -0.2) is 55.0 Å². The summed E-state index contributed by atoms with van der Waals surface area (Å²) in [6.07, 6.45) is 2.61. The number of piperazine rings is 1. The molecule has 0 saturated carbocycles. The number of benzene rings is 2. The minimum Gasteiger partial charge on any atom is -0.356 e. The molecule has 4 nitrogen and oxygen atoms in total. The summed E-state index contributed by atoms with van der Waals surface area (Å²) in [5.41, 5.74) is 2.71. The fourth-order valence-corrected chi connectivity index (χ4v) is 3.53. The highest BCUT2D eigenvalue weighted by molar-refractivity contribution is 5.76. The van der Waals surface area contributed by atoms with Crippen molar-refractivity contribution in [3.8, 4) is 0 Å². The van der Waals surface area contributed by atoms with Gasteiger partial charge in [0.2, 0.25) is 5.91 Å². The second-order valence-corrected chi connectivity index (χ2v) is 7.29. The van der Waals surface area contributed by atoms with Gasteiger partial charge in [-0.3, -0.25) is 9.69 Å². The van der Waals surface area contributed by atoms with E-state index in [0.29, 0.717) is 6.42 Å². The lowest BCUT2D eigenvalue weighted by molar-refractivity contribution is -0.121. The average molecular weight is 366 g/mol. The molecular formula is C23H31N3O. The Kier molecular flexibility index (Phi) is 7.87. The number of nitrogens with one attached hydrogen (secondary N) is 1. The molecule has 2 aromatic rings. The predicted molar refractivity (Wildman–Crippen MR) is 111 cm³/mol. The molecule has 1 heterocycles. The maximum Gasteiger partial charge on any atom is 0.221 e. The summed E-state index contributed by atoms with van der Waals surface area (Å²) >= 11 is 0. The van der Waals surface area contributed by atoms with Crippen LogP contribution < -0.4 is 5.32 Å². The summed E-state index contributed by atoms with van der Waals surface area (Å²) < 4.78 is 0. The van der Waals surface area contributed by atoms with Crippen molar-refractivity contribution in [3.63, 3.8) is 0 Å². The minimum absolute atomic E-state index is 0.176. The van der Waals surface area contributed by atoms with E-state index < -0.39 is 0 Å². The molecule has 144 valence electrons. The zero-order valence-corrected chi connectivity index (χ0v) is 16.1. The van der Waals surface area contributed by atoms with Crippen LogP contribution in [0.5, 0.6) is 0 Å². The third-order valence-corrected chi connectivity index (χ3v) is 5.18. The fraction of sp³-hybridized carbons (Fsp3) is 0.435. The molecule has 3 rings (SSSR count). The number of nitrogens with zero attached hydrogens (tertiary/aromatic N) is 2. The van der Waals surface area contributed by atoms with E-state index in [-0.39, 0.29) is 5.91 Å². The van der Waals surface area contributed by atoms with Gasteiger partial charge in [0.05, 0.1) is 0 Å². The highest BCUT2D eigenvalue weighted by atomic mass is 16.1. The normalized spacial score (nSPS) is 15.6. The molecule has 0 unspecified atom stereocenters. The summed E-state index contributed by atoms with van der Waals surface area (Å²) in [5.74, 6) is 0.176. The van der Waals surface area contributed by atoms with Crippen molar-refractivity contribution in [2.45, 2.75) is 25.8 Å². The van der Waals surface area contributed by atoms with Crippen LogP contribution in [0.25, 0.3) is 0 Å². The number of hydrogen-bond donors (Lipinski definition) is 1. The Morgan fingerprint density at radius 2 is 1.41 bits per heavy atom. The van der Waals surface area contributed by atoms with E-state index in [4.69, 9.17) is 0 Å². The van der Waals surface area contributed by atoms with Crippen LogP contribution in [-0.2, 0) is 17.8 Å². The molecule has 1 aliphatic heterocycles. The van der Waals surface area contributed by atoms with Crippen LogP contribution in [0, 0.1) is 0 Å². The largest absolute Gasteiger partial charge is 0.356 e. The highest BCUT2D eigenvalue weighted by Crippen LogP contribution is 2.08. The van der Waals surface area contributed by atoms with E-state index in [1.807, 2.05) is 6.07 Å². The van der Waals surface area contributed by atoms with Gasteiger partial charge in [0.1, 0.15) is 0 Å². The second-order valence-electron chi connectivity index (χ2n) is 7.29. The molecule has 1 amide bonds. The van der Waals surface area contributed by atoms with E-state index in [9.17, 15) is 4.79 Å². The average Bonchev–Trinajstić information content (AvgIpc) is 2.72. The molecule has 1 saturated heterocycles. The third-order valence-electron chi connectivity index (χ3n) is 5.18. The molecule has 0 spiro atoms. The lowest BCUT2D eigenvalue weighted by Gasteiger charge is -2.34. The maximum atomic E-state index is 12.1. The molecular weight excluding hydrogens is 334 g/mol. The summed E-state index contributed by atoms with van der Waals surface area (Å²) in [6.45, 7) is 6.91. The van der Waals surface area contributed by atoms with Crippen LogP contribution in [0.2, 0.25) is 0 Å². The van der Waals surface area contributed by atoms with Crippen molar-refractivity contribution in [1.82, 2.24) is 15.1 Å². The van der Waals surface area contributed by atoms with Crippen molar-refractivity contribution >= 4 is 5.91 Å². The highest BCUT2D eigenvalue weighted by Gasteiger charge is 2.17. The zero-order chi connectivity index (χ0) is 18.7. The monoisotopic (exact) mass is 365 g/mol. The van der Waals surface area contributed by atoms with Crippen molar-refractivity contribution < 1.29 is 4.79 Å². The van der Waals surface area contributed by atoms with Crippen molar-refractivity contribution in [1.29, 1.82) is 0 Å². The molecule has 0 radical (unpaired) electrons. The smallest absolute Gasteiger partial charge is 0.221 e. The van der Waals surface area contributed by atoms with Gasteiger partial charge < -0.3 is 10.2 Å². The lowest BCUT2D eigenvalue weighted by atomic mass is 10.1. The molecule has 1 N–H and O–H groups in total. The van der Waals surface area contributed by atoms with Gasteiger partial charge in [-0.05, 0) is 24.0 Å². The van der Waals surface area contributed by atoms with Crippen LogP contribution >= 0.6 is 0 Å². The van der Waals surface area contributed by atoms with Crippen LogP contribution in [0.1, 0.15) is 24.0 Å². The summed E-state index contributed by atoms with van der Waals surface area (Å²) in [7, 11) is 0. The van der Waals surface area contributed by atoms with E-state index in [2.05, 4.69) is 69.7 Å². The molecule has 1 aliphatic rings. The van der Waals surface area contributed by atoms with Gasteiger partial charge in [-0.1, -0.05) is 60.7 Å². The standard InChI is InChI=1S/C23H31N3O/c27-23(24-14-7-12-21-8-3-1-4-9-21)13-15-25-16-18-26(19-17-25)20-22-10-5-2-6-11-22/h1-6,8-11H,7,12-20H2,(H,24,27). The van der Waals surface area contributed by atoms with E-state index in [0.717, 1.165) is 58.7 Å². The van der Waals surface area contributed by atoms with Gasteiger partial charge in [0.15, 0.2) is 0 Å². The Hall–Kier alpha value is -2.17. The van der Waals surface area contributed by atoms with Gasteiger partial charge in [0.25, 0.3) is 0 Å². The Labute approximate surface area is 163 Å². The first-order valence-electron chi connectivity index (χ1n) is 10.1. The van der Waals surface area contributed by atoms with Crippen LogP contribution in [0.3, 0.4) is 0 Å². The molecule has 2 aromatic carbocycles. The molecule has 4 heteroatoms. The Balaban J connectivity index is 1.24. The van der Waals surface area contributed by atoms with Gasteiger partial charge in [-0.25, -0.2) is 0 Å². The molecule has 1 fully saturated rings. The minimum atomic E-state index is 0.176. The molecule has 0 atom stereocenters. The topological polar surface area (TPSA) is 35.6 Å². The summed E-state index contributed by atoms with van der Waals surface area (Å²) in [5, 5.41) is 3.06. The molecule has 0 aliphatic carbocycles. The van der Waals surface area contributed by atoms with Crippen LogP contribution in [0.15, 0.2) is 60.7 Å². The lowest BCUT2D eigenvalue weighted by Crippen LogP contribution is -2.46. The van der Waals surface area contributed by atoms with E-state index in [1.165, 1.54) is 11.1 Å². The first kappa shape index (κ1) is 19.6. The third kappa shape index (κ3) is 7.16. The second kappa shape index (κ2) is 10.9. The van der Waals surface area contributed by atoms with Gasteiger partial charge >= 0.3 is 0 Å². The first-order valence-corrected chi connectivity index (χ1v) is 10.1. The van der Waals surface area contributed by atoms with Gasteiger partial charge in [0, 0.05) is 52.2 Å². The first-order chi connectivity index (χ1) is 13.3.